The molecule has 25 heavy (non-hydrogen) atoms. The fourth-order valence-electron chi connectivity index (χ4n) is 2.29. The summed E-state index contributed by atoms with van der Waals surface area (Å²) in [6.45, 7) is 3.97. The first-order valence-corrected chi connectivity index (χ1v) is 9.24. The molecule has 0 saturated carbocycles. The minimum atomic E-state index is -3.46. The minimum absolute atomic E-state index is 0.242. The van der Waals surface area contributed by atoms with Gasteiger partial charge in [0.25, 0.3) is 0 Å². The zero-order valence-electron chi connectivity index (χ0n) is 14.7. The van der Waals surface area contributed by atoms with Crippen LogP contribution in [-0.4, -0.2) is 33.9 Å². The first-order valence-electron chi connectivity index (χ1n) is 7.80. The SMILES string of the molecule is C=CCc1ccc(OCc2cccc(S(=O)(=O)N(C)C)c2)c(OC)c1. The zero-order chi connectivity index (χ0) is 18.4. The van der Waals surface area contributed by atoms with Crippen LogP contribution in [0.1, 0.15) is 11.1 Å². The summed E-state index contributed by atoms with van der Waals surface area (Å²) in [6.07, 6.45) is 2.58. The summed E-state index contributed by atoms with van der Waals surface area (Å²) in [5, 5.41) is 0. The number of sulfonamides is 1. The molecule has 0 N–H and O–H groups in total. The van der Waals surface area contributed by atoms with E-state index in [0.29, 0.717) is 11.5 Å². The number of benzene rings is 2. The van der Waals surface area contributed by atoms with Crippen LogP contribution >= 0.6 is 0 Å². The van der Waals surface area contributed by atoms with Crippen molar-refractivity contribution in [2.45, 2.75) is 17.9 Å². The summed E-state index contributed by atoms with van der Waals surface area (Å²) in [4.78, 5) is 0.242. The van der Waals surface area contributed by atoms with E-state index in [1.807, 2.05) is 30.3 Å². The number of nitrogens with zero attached hydrogens (tertiary/aromatic N) is 1. The second-order valence-electron chi connectivity index (χ2n) is 5.70. The summed E-state index contributed by atoms with van der Waals surface area (Å²) < 4.78 is 36.8. The quantitative estimate of drug-likeness (QED) is 0.677. The molecule has 0 unspecified atom stereocenters. The van der Waals surface area contributed by atoms with Crippen molar-refractivity contribution in [2.24, 2.45) is 0 Å². The van der Waals surface area contributed by atoms with Gasteiger partial charge in [0, 0.05) is 14.1 Å². The summed E-state index contributed by atoms with van der Waals surface area (Å²) in [5.74, 6) is 1.24. The van der Waals surface area contributed by atoms with Gasteiger partial charge in [-0.1, -0.05) is 24.3 Å². The molecular weight excluding hydrogens is 338 g/mol. The Kier molecular flexibility index (Phi) is 6.22. The van der Waals surface area contributed by atoms with Crippen LogP contribution in [0.15, 0.2) is 60.0 Å². The van der Waals surface area contributed by atoms with E-state index in [9.17, 15) is 8.42 Å². The highest BCUT2D eigenvalue weighted by atomic mass is 32.2. The third kappa shape index (κ3) is 4.61. The number of hydrogen-bond acceptors (Lipinski definition) is 4. The molecule has 0 spiro atoms. The number of allylic oxidation sites excluding steroid dienone is 1. The standard InChI is InChI=1S/C19H23NO4S/c1-5-7-15-10-11-18(19(13-15)23-4)24-14-16-8-6-9-17(12-16)25(21,22)20(2)3/h5-6,8-13H,1,7,14H2,2-4H3. The van der Waals surface area contributed by atoms with Crippen LogP contribution in [0.2, 0.25) is 0 Å². The Morgan fingerprint density at radius 2 is 1.84 bits per heavy atom. The molecule has 0 radical (unpaired) electrons. The maximum atomic E-state index is 12.2. The number of ether oxygens (including phenoxy) is 2. The molecule has 2 aromatic rings. The molecule has 5 nitrogen and oxygen atoms in total. The van der Waals surface area contributed by atoms with Gasteiger partial charge in [0.1, 0.15) is 6.61 Å². The van der Waals surface area contributed by atoms with Gasteiger partial charge >= 0.3 is 0 Å². The Balaban J connectivity index is 2.18. The lowest BCUT2D eigenvalue weighted by molar-refractivity contribution is 0.284. The molecule has 0 aliphatic rings. The Morgan fingerprint density at radius 1 is 1.08 bits per heavy atom. The summed E-state index contributed by atoms with van der Waals surface area (Å²) >= 11 is 0. The molecule has 134 valence electrons. The molecule has 2 rings (SSSR count). The summed E-state index contributed by atoms with van der Waals surface area (Å²) in [6, 6.07) is 12.4. The molecule has 0 amide bonds. The Labute approximate surface area is 149 Å². The maximum absolute atomic E-state index is 12.2. The normalized spacial score (nSPS) is 11.4. The molecule has 0 fully saturated rings. The van der Waals surface area contributed by atoms with Crippen molar-refractivity contribution in [1.29, 1.82) is 0 Å². The smallest absolute Gasteiger partial charge is 0.242 e. The fourth-order valence-corrected chi connectivity index (χ4v) is 3.26. The van der Waals surface area contributed by atoms with E-state index in [1.165, 1.54) is 18.4 Å². The Bertz CT molecular complexity index is 844. The van der Waals surface area contributed by atoms with Gasteiger partial charge in [-0.2, -0.15) is 0 Å². The fraction of sp³-hybridized carbons (Fsp3) is 0.263. The van der Waals surface area contributed by atoms with Crippen LogP contribution in [0.4, 0.5) is 0 Å². The first-order chi connectivity index (χ1) is 11.9. The number of methoxy groups -OCH3 is 1. The molecule has 0 atom stereocenters. The van der Waals surface area contributed by atoms with Gasteiger partial charge in [-0.05, 0) is 41.8 Å². The largest absolute Gasteiger partial charge is 0.493 e. The Morgan fingerprint density at radius 3 is 2.48 bits per heavy atom. The van der Waals surface area contributed by atoms with E-state index in [1.54, 1.807) is 25.3 Å². The van der Waals surface area contributed by atoms with Crippen LogP contribution in [0.5, 0.6) is 11.5 Å². The van der Waals surface area contributed by atoms with E-state index in [-0.39, 0.29) is 11.5 Å². The minimum Gasteiger partial charge on any atom is -0.493 e. The van der Waals surface area contributed by atoms with Crippen LogP contribution < -0.4 is 9.47 Å². The van der Waals surface area contributed by atoms with E-state index in [2.05, 4.69) is 6.58 Å². The van der Waals surface area contributed by atoms with Crippen molar-refractivity contribution in [2.75, 3.05) is 21.2 Å². The molecule has 0 aliphatic heterocycles. The van der Waals surface area contributed by atoms with Crippen molar-refractivity contribution in [1.82, 2.24) is 4.31 Å². The predicted molar refractivity (Wildman–Crippen MR) is 98.5 cm³/mol. The van der Waals surface area contributed by atoms with Gasteiger partial charge < -0.3 is 9.47 Å². The van der Waals surface area contributed by atoms with Gasteiger partial charge in [-0.25, -0.2) is 12.7 Å². The monoisotopic (exact) mass is 361 g/mol. The molecule has 0 aromatic heterocycles. The lowest BCUT2D eigenvalue weighted by atomic mass is 10.1. The zero-order valence-corrected chi connectivity index (χ0v) is 15.5. The van der Waals surface area contributed by atoms with E-state index in [4.69, 9.17) is 9.47 Å². The lowest BCUT2D eigenvalue weighted by Gasteiger charge is -2.14. The van der Waals surface area contributed by atoms with Crippen molar-refractivity contribution < 1.29 is 17.9 Å². The maximum Gasteiger partial charge on any atom is 0.242 e. The Hall–Kier alpha value is -2.31. The number of rotatable bonds is 8. The first kappa shape index (κ1) is 19.0. The second kappa shape index (κ2) is 8.18. The highest BCUT2D eigenvalue weighted by Crippen LogP contribution is 2.29. The third-order valence-corrected chi connectivity index (χ3v) is 5.49. The average molecular weight is 361 g/mol. The van der Waals surface area contributed by atoms with E-state index in [0.717, 1.165) is 17.5 Å². The van der Waals surface area contributed by atoms with Gasteiger partial charge in [-0.3, -0.25) is 0 Å². The summed E-state index contributed by atoms with van der Waals surface area (Å²) in [5.41, 5.74) is 1.85. The highest BCUT2D eigenvalue weighted by Gasteiger charge is 2.17. The topological polar surface area (TPSA) is 55.8 Å². The van der Waals surface area contributed by atoms with Crippen molar-refractivity contribution in [3.05, 3.63) is 66.2 Å². The van der Waals surface area contributed by atoms with Crippen molar-refractivity contribution in [3.8, 4) is 11.5 Å². The molecule has 6 heteroatoms. The van der Waals surface area contributed by atoms with Crippen molar-refractivity contribution >= 4 is 10.0 Å². The van der Waals surface area contributed by atoms with Crippen molar-refractivity contribution in [3.63, 3.8) is 0 Å². The van der Waals surface area contributed by atoms with Crippen LogP contribution in [0.25, 0.3) is 0 Å². The lowest BCUT2D eigenvalue weighted by Crippen LogP contribution is -2.22. The van der Waals surface area contributed by atoms with Crippen LogP contribution in [0.3, 0.4) is 0 Å². The van der Waals surface area contributed by atoms with Gasteiger partial charge in [0.05, 0.1) is 12.0 Å². The number of hydrogen-bond donors (Lipinski definition) is 0. The van der Waals surface area contributed by atoms with Crippen LogP contribution in [-0.2, 0) is 23.1 Å². The molecule has 0 aliphatic carbocycles. The van der Waals surface area contributed by atoms with E-state index >= 15 is 0 Å². The molecule has 0 bridgehead atoms. The predicted octanol–water partition coefficient (Wildman–Crippen LogP) is 3.25. The molecule has 0 heterocycles. The van der Waals surface area contributed by atoms with Gasteiger partial charge in [0.2, 0.25) is 10.0 Å². The third-order valence-electron chi connectivity index (χ3n) is 3.68. The molecular formula is C19H23NO4S. The highest BCUT2D eigenvalue weighted by molar-refractivity contribution is 7.89. The summed E-state index contributed by atoms with van der Waals surface area (Å²) in [7, 11) is 1.14. The molecule has 2 aromatic carbocycles. The van der Waals surface area contributed by atoms with Crippen LogP contribution in [0, 0.1) is 0 Å². The molecule has 0 saturated heterocycles. The second-order valence-corrected chi connectivity index (χ2v) is 7.85. The van der Waals surface area contributed by atoms with Gasteiger partial charge in [0.15, 0.2) is 11.5 Å². The average Bonchev–Trinajstić information content (AvgIpc) is 2.60. The van der Waals surface area contributed by atoms with Gasteiger partial charge in [-0.15, -0.1) is 6.58 Å². The van der Waals surface area contributed by atoms with E-state index < -0.39 is 10.0 Å².